The third kappa shape index (κ3) is 3.06. The Kier molecular flexibility index (Phi) is 4.59. The fraction of sp³-hybridized carbons (Fsp3) is 0.500. The summed E-state index contributed by atoms with van der Waals surface area (Å²) in [6.45, 7) is 3.88. The third-order valence-electron chi connectivity index (χ3n) is 3.93. The minimum atomic E-state index is -0.550. The Morgan fingerprint density at radius 1 is 1.48 bits per heavy atom. The lowest BCUT2D eigenvalue weighted by Gasteiger charge is -2.37. The maximum atomic E-state index is 13.5. The van der Waals surface area contributed by atoms with Crippen molar-refractivity contribution >= 4 is 5.91 Å². The smallest absolute Gasteiger partial charge is 0.223 e. The average molecular weight is 289 g/mol. The van der Waals surface area contributed by atoms with E-state index in [1.165, 1.54) is 12.1 Å². The van der Waals surface area contributed by atoms with Crippen molar-refractivity contribution < 1.29 is 9.18 Å². The molecule has 0 aromatic heterocycles. The zero-order valence-electron chi connectivity index (χ0n) is 12.3. The van der Waals surface area contributed by atoms with Crippen LogP contribution in [0.15, 0.2) is 18.2 Å². The molecule has 0 aliphatic carbocycles. The normalized spacial score (nSPS) is 23.0. The molecule has 2 N–H and O–H groups in total. The zero-order chi connectivity index (χ0) is 15.6. The molecule has 112 valence electrons. The molecule has 2 rings (SSSR count). The fourth-order valence-corrected chi connectivity index (χ4v) is 2.97. The van der Waals surface area contributed by atoms with E-state index in [2.05, 4.69) is 0 Å². The van der Waals surface area contributed by atoms with Gasteiger partial charge in [0.2, 0.25) is 5.91 Å². The Bertz CT molecular complexity index is 579. The Morgan fingerprint density at radius 2 is 2.19 bits per heavy atom. The Hall–Kier alpha value is -1.93. The Balaban J connectivity index is 2.50. The molecule has 0 spiro atoms. The number of hydrogen-bond donors (Lipinski definition) is 1. The average Bonchev–Trinajstić information content (AvgIpc) is 2.58. The maximum absolute atomic E-state index is 13.5. The number of benzene rings is 1. The van der Waals surface area contributed by atoms with Crippen LogP contribution < -0.4 is 5.73 Å². The quantitative estimate of drug-likeness (QED) is 0.909. The van der Waals surface area contributed by atoms with Crippen molar-refractivity contribution in [1.29, 1.82) is 5.26 Å². The summed E-state index contributed by atoms with van der Waals surface area (Å²) < 4.78 is 13.5. The van der Waals surface area contributed by atoms with Crippen molar-refractivity contribution in [2.24, 2.45) is 5.73 Å². The van der Waals surface area contributed by atoms with Crippen LogP contribution in [0.5, 0.6) is 0 Å². The molecule has 0 saturated carbocycles. The first-order valence-electron chi connectivity index (χ1n) is 7.22. The maximum Gasteiger partial charge on any atom is 0.223 e. The molecular weight excluding hydrogens is 269 g/mol. The lowest BCUT2D eigenvalue weighted by Crippen LogP contribution is -2.45. The molecule has 0 radical (unpaired) electrons. The van der Waals surface area contributed by atoms with Gasteiger partial charge in [0.25, 0.3) is 0 Å². The molecule has 1 heterocycles. The molecule has 21 heavy (non-hydrogen) atoms. The van der Waals surface area contributed by atoms with Crippen molar-refractivity contribution in [3.05, 3.63) is 35.1 Å². The van der Waals surface area contributed by atoms with E-state index in [1.54, 1.807) is 11.0 Å². The van der Waals surface area contributed by atoms with Crippen LogP contribution in [-0.2, 0) is 4.79 Å². The van der Waals surface area contributed by atoms with Crippen LogP contribution in [0.25, 0.3) is 0 Å². The standard InChI is InChI=1S/C16H20FN3O/c1-10(2)20-15(21)5-3-4-14(19)16(20)11-6-7-13(17)12(8-11)9-18/h6-8,10,14,16H,3-5,19H2,1-2H3. The van der Waals surface area contributed by atoms with Gasteiger partial charge < -0.3 is 10.6 Å². The van der Waals surface area contributed by atoms with Crippen molar-refractivity contribution in [3.63, 3.8) is 0 Å². The number of nitriles is 1. The molecule has 1 saturated heterocycles. The number of nitrogens with zero attached hydrogens (tertiary/aromatic N) is 2. The SMILES string of the molecule is CC(C)N1C(=O)CCCC(N)C1c1ccc(F)c(C#N)c1. The highest BCUT2D eigenvalue weighted by Crippen LogP contribution is 2.32. The molecule has 1 aliphatic rings. The summed E-state index contributed by atoms with van der Waals surface area (Å²) in [5, 5.41) is 8.99. The van der Waals surface area contributed by atoms with Gasteiger partial charge in [-0.25, -0.2) is 4.39 Å². The van der Waals surface area contributed by atoms with Crippen LogP contribution >= 0.6 is 0 Å². The lowest BCUT2D eigenvalue weighted by atomic mass is 9.94. The van der Waals surface area contributed by atoms with Gasteiger partial charge in [-0.2, -0.15) is 5.26 Å². The van der Waals surface area contributed by atoms with Crippen molar-refractivity contribution in [2.75, 3.05) is 0 Å². The summed E-state index contributed by atoms with van der Waals surface area (Å²) in [5.41, 5.74) is 6.97. The van der Waals surface area contributed by atoms with E-state index in [0.29, 0.717) is 6.42 Å². The summed E-state index contributed by atoms with van der Waals surface area (Å²) in [7, 11) is 0. The molecule has 2 atom stereocenters. The van der Waals surface area contributed by atoms with E-state index >= 15 is 0 Å². The van der Waals surface area contributed by atoms with Crippen LogP contribution in [0.3, 0.4) is 0 Å². The van der Waals surface area contributed by atoms with Crippen LogP contribution in [0.4, 0.5) is 4.39 Å². The third-order valence-corrected chi connectivity index (χ3v) is 3.93. The molecule has 5 heteroatoms. The number of halogens is 1. The number of nitrogens with two attached hydrogens (primary N) is 1. The fourth-order valence-electron chi connectivity index (χ4n) is 2.97. The predicted octanol–water partition coefficient (Wildman–Crippen LogP) is 2.49. The molecule has 4 nitrogen and oxygen atoms in total. The number of amides is 1. The second-order valence-electron chi connectivity index (χ2n) is 5.75. The number of hydrogen-bond acceptors (Lipinski definition) is 3. The van der Waals surface area contributed by atoms with Crippen molar-refractivity contribution in [3.8, 4) is 6.07 Å². The number of likely N-dealkylation sites (tertiary alicyclic amines) is 1. The molecular formula is C16H20FN3O. The van der Waals surface area contributed by atoms with Crippen LogP contribution in [0.1, 0.15) is 50.3 Å². The summed E-state index contributed by atoms with van der Waals surface area (Å²) in [6.07, 6.45) is 1.97. The number of carbonyl (C=O) groups is 1. The molecule has 1 aliphatic heterocycles. The van der Waals surface area contributed by atoms with E-state index in [1.807, 2.05) is 19.9 Å². The van der Waals surface area contributed by atoms with Gasteiger partial charge in [0, 0.05) is 18.5 Å². The van der Waals surface area contributed by atoms with Gasteiger partial charge in [0.15, 0.2) is 0 Å². The zero-order valence-corrected chi connectivity index (χ0v) is 12.3. The molecule has 1 amide bonds. The van der Waals surface area contributed by atoms with E-state index in [4.69, 9.17) is 11.0 Å². The van der Waals surface area contributed by atoms with Crippen LogP contribution in [0.2, 0.25) is 0 Å². The van der Waals surface area contributed by atoms with Gasteiger partial charge in [-0.3, -0.25) is 4.79 Å². The first-order chi connectivity index (χ1) is 9.95. The van der Waals surface area contributed by atoms with Gasteiger partial charge in [0.05, 0.1) is 11.6 Å². The second kappa shape index (κ2) is 6.23. The van der Waals surface area contributed by atoms with Gasteiger partial charge in [-0.05, 0) is 44.4 Å². The Labute approximate surface area is 124 Å². The van der Waals surface area contributed by atoms with Gasteiger partial charge >= 0.3 is 0 Å². The first-order valence-corrected chi connectivity index (χ1v) is 7.22. The van der Waals surface area contributed by atoms with Crippen LogP contribution in [-0.4, -0.2) is 22.9 Å². The highest BCUT2D eigenvalue weighted by atomic mass is 19.1. The van der Waals surface area contributed by atoms with Gasteiger partial charge in [-0.1, -0.05) is 6.07 Å². The summed E-state index contributed by atoms with van der Waals surface area (Å²) >= 11 is 0. The first kappa shape index (κ1) is 15.5. The van der Waals surface area contributed by atoms with Gasteiger partial charge in [-0.15, -0.1) is 0 Å². The summed E-state index contributed by atoms with van der Waals surface area (Å²) in [5.74, 6) is -0.489. The highest BCUT2D eigenvalue weighted by molar-refractivity contribution is 5.77. The van der Waals surface area contributed by atoms with E-state index in [-0.39, 0.29) is 29.6 Å². The topological polar surface area (TPSA) is 70.1 Å². The molecule has 1 aromatic rings. The summed E-state index contributed by atoms with van der Waals surface area (Å²) in [6, 6.07) is 5.72. The lowest BCUT2D eigenvalue weighted by molar-refractivity contribution is -0.135. The highest BCUT2D eigenvalue weighted by Gasteiger charge is 2.34. The second-order valence-corrected chi connectivity index (χ2v) is 5.75. The number of rotatable bonds is 2. The van der Waals surface area contributed by atoms with E-state index < -0.39 is 5.82 Å². The number of carbonyl (C=O) groups excluding carboxylic acids is 1. The monoisotopic (exact) mass is 289 g/mol. The van der Waals surface area contributed by atoms with E-state index in [9.17, 15) is 9.18 Å². The molecule has 1 fully saturated rings. The Morgan fingerprint density at radius 3 is 2.81 bits per heavy atom. The van der Waals surface area contributed by atoms with Crippen LogP contribution in [0, 0.1) is 17.1 Å². The minimum absolute atomic E-state index is 0.00207. The minimum Gasteiger partial charge on any atom is -0.332 e. The summed E-state index contributed by atoms with van der Waals surface area (Å²) in [4.78, 5) is 14.1. The van der Waals surface area contributed by atoms with E-state index in [0.717, 1.165) is 18.4 Å². The van der Waals surface area contributed by atoms with Crippen molar-refractivity contribution in [1.82, 2.24) is 4.90 Å². The largest absolute Gasteiger partial charge is 0.332 e. The van der Waals surface area contributed by atoms with Crippen molar-refractivity contribution in [2.45, 2.75) is 51.2 Å². The molecule has 2 unspecified atom stereocenters. The van der Waals surface area contributed by atoms with Gasteiger partial charge in [0.1, 0.15) is 11.9 Å². The predicted molar refractivity (Wildman–Crippen MR) is 77.7 cm³/mol. The molecule has 0 bridgehead atoms. The molecule has 1 aromatic carbocycles.